The number of nitrogens with one attached hydrogen (secondary N) is 1. The first-order chi connectivity index (χ1) is 14.9. The van der Waals surface area contributed by atoms with Crippen molar-refractivity contribution in [1.82, 2.24) is 4.98 Å². The number of carbonyl (C=O) groups is 1. The van der Waals surface area contributed by atoms with Crippen LogP contribution in [0.2, 0.25) is 0 Å². The summed E-state index contributed by atoms with van der Waals surface area (Å²) in [5.41, 5.74) is 2.07. The summed E-state index contributed by atoms with van der Waals surface area (Å²) in [6, 6.07) is 20.6. The maximum Gasteiger partial charge on any atom is 0.269 e. The van der Waals surface area contributed by atoms with Gasteiger partial charge in [0.2, 0.25) is 0 Å². The number of benzene rings is 3. The molecule has 31 heavy (non-hydrogen) atoms. The van der Waals surface area contributed by atoms with E-state index in [0.717, 1.165) is 15.4 Å². The largest absolute Gasteiger partial charge is 0.321 e. The van der Waals surface area contributed by atoms with Crippen LogP contribution in [0.4, 0.5) is 5.69 Å². The number of aromatic nitrogens is 1. The third kappa shape index (κ3) is 4.22. The predicted octanol–water partition coefficient (Wildman–Crippen LogP) is 5.76. The lowest BCUT2D eigenvalue weighted by Gasteiger charge is -2.11. The predicted molar refractivity (Wildman–Crippen MR) is 124 cm³/mol. The van der Waals surface area contributed by atoms with E-state index in [4.69, 9.17) is 0 Å². The van der Waals surface area contributed by atoms with Crippen molar-refractivity contribution < 1.29 is 9.72 Å². The summed E-state index contributed by atoms with van der Waals surface area (Å²) in [6.07, 6.45) is 2.84. The van der Waals surface area contributed by atoms with Crippen molar-refractivity contribution in [3.05, 3.63) is 115 Å². The van der Waals surface area contributed by atoms with Gasteiger partial charge >= 0.3 is 0 Å². The van der Waals surface area contributed by atoms with Gasteiger partial charge in [-0.1, -0.05) is 52.3 Å². The second kappa shape index (κ2) is 8.49. The van der Waals surface area contributed by atoms with E-state index in [2.05, 4.69) is 20.9 Å². The summed E-state index contributed by atoms with van der Waals surface area (Å²) in [5, 5.41) is 11.5. The van der Waals surface area contributed by atoms with Crippen LogP contribution in [0.3, 0.4) is 0 Å². The number of nitro groups is 1. The molecule has 0 aliphatic rings. The monoisotopic (exact) mass is 474 g/mol. The van der Waals surface area contributed by atoms with Gasteiger partial charge in [-0.3, -0.25) is 19.7 Å². The molecule has 1 N–H and O–H groups in total. The number of fused-ring (bicyclic) bond motifs is 1. The van der Waals surface area contributed by atoms with E-state index in [1.165, 1.54) is 24.3 Å². The molecule has 0 spiro atoms. The Bertz CT molecular complexity index is 1390. The number of pyridine rings is 1. The molecule has 4 aromatic rings. The Kier molecular flexibility index (Phi) is 5.60. The van der Waals surface area contributed by atoms with Crippen LogP contribution in [-0.2, 0) is 0 Å². The summed E-state index contributed by atoms with van der Waals surface area (Å²) in [4.78, 5) is 39.1. The van der Waals surface area contributed by atoms with Crippen LogP contribution in [0.5, 0.6) is 0 Å². The number of rotatable bonds is 5. The van der Waals surface area contributed by atoms with Gasteiger partial charge in [-0.05, 0) is 47.5 Å². The minimum atomic E-state index is -0.489. The number of carbonyl (C=O) groups excluding carboxylic acids is 1. The van der Waals surface area contributed by atoms with E-state index in [0.29, 0.717) is 16.6 Å². The van der Waals surface area contributed by atoms with Crippen LogP contribution in [0, 0.1) is 10.1 Å². The van der Waals surface area contributed by atoms with Crippen LogP contribution < -0.4 is 5.56 Å². The highest BCUT2D eigenvalue weighted by Gasteiger charge is 2.19. The third-order valence-corrected chi connectivity index (χ3v) is 5.31. The number of non-ortho nitro benzene ring substituents is 1. The summed E-state index contributed by atoms with van der Waals surface area (Å²) in [5.74, 6) is -0.458. The van der Waals surface area contributed by atoms with Crippen molar-refractivity contribution in [3.8, 4) is 11.1 Å². The van der Waals surface area contributed by atoms with Crippen LogP contribution in [0.15, 0.2) is 88.1 Å². The summed E-state index contributed by atoms with van der Waals surface area (Å²) < 4.78 is 0.823. The number of ketones is 1. The molecule has 0 aliphatic carbocycles. The molecule has 1 aromatic heterocycles. The van der Waals surface area contributed by atoms with Crippen LogP contribution in [-0.4, -0.2) is 15.7 Å². The van der Waals surface area contributed by atoms with Gasteiger partial charge in [-0.2, -0.15) is 0 Å². The normalized spacial score (nSPS) is 11.1. The molecule has 0 fully saturated rings. The molecule has 7 heteroatoms. The fraction of sp³-hybridized carbons (Fsp3) is 0. The number of hydrogen-bond donors (Lipinski definition) is 1. The van der Waals surface area contributed by atoms with Crippen molar-refractivity contribution in [3.63, 3.8) is 0 Å². The Morgan fingerprint density at radius 3 is 2.39 bits per heavy atom. The fourth-order valence-corrected chi connectivity index (χ4v) is 3.73. The van der Waals surface area contributed by atoms with Crippen molar-refractivity contribution in [1.29, 1.82) is 0 Å². The van der Waals surface area contributed by atoms with Gasteiger partial charge in [0.1, 0.15) is 0 Å². The lowest BCUT2D eigenvalue weighted by Crippen LogP contribution is -2.18. The van der Waals surface area contributed by atoms with Crippen LogP contribution in [0.25, 0.3) is 28.1 Å². The second-order valence-electron chi connectivity index (χ2n) is 6.81. The number of aromatic amines is 1. The van der Waals surface area contributed by atoms with Crippen LogP contribution >= 0.6 is 15.9 Å². The first-order valence-corrected chi connectivity index (χ1v) is 10.1. The average molecular weight is 475 g/mol. The maximum absolute atomic E-state index is 13.1. The van der Waals surface area contributed by atoms with Gasteiger partial charge in [0.15, 0.2) is 5.78 Å². The highest BCUT2D eigenvalue weighted by Crippen LogP contribution is 2.31. The molecule has 0 unspecified atom stereocenters. The zero-order chi connectivity index (χ0) is 22.0. The first-order valence-electron chi connectivity index (χ1n) is 9.32. The lowest BCUT2D eigenvalue weighted by molar-refractivity contribution is -0.384. The molecular formula is C24H15BrN2O4. The minimum Gasteiger partial charge on any atom is -0.321 e. The molecular weight excluding hydrogens is 460 g/mol. The van der Waals surface area contributed by atoms with Crippen molar-refractivity contribution in [2.45, 2.75) is 0 Å². The molecule has 0 aliphatic heterocycles. The van der Waals surface area contributed by atoms with Crippen molar-refractivity contribution in [2.75, 3.05) is 0 Å². The molecule has 3 aromatic carbocycles. The number of allylic oxidation sites excluding steroid dienone is 1. The molecule has 0 radical (unpaired) electrons. The van der Waals surface area contributed by atoms with Gasteiger partial charge in [0, 0.05) is 33.1 Å². The standard InChI is InChI=1S/C24H15BrN2O4/c25-17-9-12-20-19(14-17)22(16-4-2-1-3-5-16)23(24(29)26-20)21(28)13-8-15-6-10-18(11-7-15)27(30)31/h1-14H,(H,26,29)/b13-8+. The number of hydrogen-bond acceptors (Lipinski definition) is 4. The van der Waals surface area contributed by atoms with E-state index in [1.807, 2.05) is 42.5 Å². The number of halogens is 1. The van der Waals surface area contributed by atoms with Crippen molar-refractivity contribution >= 4 is 44.4 Å². The third-order valence-electron chi connectivity index (χ3n) is 4.82. The molecule has 0 saturated heterocycles. The molecule has 0 amide bonds. The highest BCUT2D eigenvalue weighted by molar-refractivity contribution is 9.10. The van der Waals surface area contributed by atoms with Crippen LogP contribution in [0.1, 0.15) is 15.9 Å². The Morgan fingerprint density at radius 1 is 1.00 bits per heavy atom. The summed E-state index contributed by atoms with van der Waals surface area (Å²) in [6.45, 7) is 0. The zero-order valence-corrected chi connectivity index (χ0v) is 17.6. The Hall–Kier alpha value is -3.84. The summed E-state index contributed by atoms with van der Waals surface area (Å²) in [7, 11) is 0. The molecule has 6 nitrogen and oxygen atoms in total. The second-order valence-corrected chi connectivity index (χ2v) is 7.72. The fourth-order valence-electron chi connectivity index (χ4n) is 3.37. The topological polar surface area (TPSA) is 93.1 Å². The van der Waals surface area contributed by atoms with Gasteiger partial charge in [0.05, 0.1) is 10.5 Å². The SMILES string of the molecule is O=C(/C=C/c1ccc([N+](=O)[O-])cc1)c1c(-c2ccccc2)c2cc(Br)ccc2[nH]c1=O. The van der Waals surface area contributed by atoms with Gasteiger partial charge in [-0.25, -0.2) is 0 Å². The van der Waals surface area contributed by atoms with E-state index >= 15 is 0 Å². The molecule has 1 heterocycles. The zero-order valence-electron chi connectivity index (χ0n) is 16.0. The van der Waals surface area contributed by atoms with Gasteiger partial charge in [-0.15, -0.1) is 0 Å². The molecule has 0 atom stereocenters. The number of nitro benzene ring substituents is 1. The Labute approximate surface area is 185 Å². The van der Waals surface area contributed by atoms with E-state index in [-0.39, 0.29) is 11.3 Å². The Morgan fingerprint density at radius 2 is 1.71 bits per heavy atom. The van der Waals surface area contributed by atoms with Gasteiger partial charge in [0.25, 0.3) is 11.2 Å². The Balaban J connectivity index is 1.84. The minimum absolute atomic E-state index is 0.0357. The maximum atomic E-state index is 13.1. The van der Waals surface area contributed by atoms with Gasteiger partial charge < -0.3 is 4.98 Å². The molecule has 152 valence electrons. The van der Waals surface area contributed by atoms with E-state index in [9.17, 15) is 19.7 Å². The molecule has 0 bridgehead atoms. The highest BCUT2D eigenvalue weighted by atomic mass is 79.9. The quantitative estimate of drug-likeness (QED) is 0.172. The lowest BCUT2D eigenvalue weighted by atomic mass is 9.94. The molecule has 0 saturated carbocycles. The first kappa shape index (κ1) is 20.4. The number of H-pyrrole nitrogens is 1. The summed E-state index contributed by atoms with van der Waals surface area (Å²) >= 11 is 3.46. The molecule has 4 rings (SSSR count). The van der Waals surface area contributed by atoms with E-state index < -0.39 is 16.3 Å². The smallest absolute Gasteiger partial charge is 0.269 e. The average Bonchev–Trinajstić information content (AvgIpc) is 2.77. The van der Waals surface area contributed by atoms with E-state index in [1.54, 1.807) is 18.2 Å². The number of nitrogens with zero attached hydrogens (tertiary/aromatic N) is 1. The van der Waals surface area contributed by atoms with Crippen molar-refractivity contribution in [2.24, 2.45) is 0 Å².